The van der Waals surface area contributed by atoms with Crippen LogP contribution in [0.25, 0.3) is 10.9 Å². The van der Waals surface area contributed by atoms with Gasteiger partial charge in [-0.1, -0.05) is 42.5 Å². The highest BCUT2D eigenvalue weighted by Crippen LogP contribution is 2.31. The predicted octanol–water partition coefficient (Wildman–Crippen LogP) is 0.647. The molecule has 0 radical (unpaired) electrons. The van der Waals surface area contributed by atoms with Crippen molar-refractivity contribution in [2.24, 2.45) is 10.7 Å². The number of nitriles is 1. The van der Waals surface area contributed by atoms with Crippen LogP contribution >= 0.6 is 0 Å². The smallest absolute Gasteiger partial charge is 0.268 e. The molecule has 3 atom stereocenters. The number of likely N-dealkylation sites (tertiary alicyclic amines) is 1. The van der Waals surface area contributed by atoms with E-state index in [2.05, 4.69) is 41.9 Å². The van der Waals surface area contributed by atoms with Gasteiger partial charge in [0.25, 0.3) is 11.8 Å². The zero-order valence-corrected chi connectivity index (χ0v) is 34.3. The molecule has 1 aromatic heterocycles. The van der Waals surface area contributed by atoms with Crippen LogP contribution < -0.4 is 37.6 Å². The minimum Gasteiger partial charge on any atom is -0.370 e. The molecule has 8 N–H and O–H groups in total. The Bertz CT molecular complexity index is 2110. The van der Waals surface area contributed by atoms with Crippen LogP contribution in [-0.2, 0) is 30.4 Å². The Morgan fingerprint density at radius 2 is 1.70 bits per heavy atom. The largest absolute Gasteiger partial charge is 0.370 e. The van der Waals surface area contributed by atoms with Gasteiger partial charge in [0.15, 0.2) is 5.96 Å². The number of aliphatic imine (C=N–C) groups is 1. The summed E-state index contributed by atoms with van der Waals surface area (Å²) < 4.78 is 27.7. The molecule has 1 aliphatic rings. The molecule has 1 fully saturated rings. The summed E-state index contributed by atoms with van der Waals surface area (Å²) in [6, 6.07) is 13.6. The van der Waals surface area contributed by atoms with Gasteiger partial charge in [0.1, 0.15) is 18.1 Å². The van der Waals surface area contributed by atoms with Crippen LogP contribution in [0, 0.1) is 11.3 Å². The van der Waals surface area contributed by atoms with Crippen molar-refractivity contribution < 1.29 is 37.5 Å². The maximum absolute atomic E-state index is 13.8. The highest BCUT2D eigenvalue weighted by Gasteiger charge is 2.47. The van der Waals surface area contributed by atoms with Gasteiger partial charge in [-0.25, -0.2) is 8.78 Å². The quantitative estimate of drug-likeness (QED) is 0.0472. The molecule has 6 amide bonds. The fraction of sp³-hybridized carbons (Fsp3) is 0.439. The maximum atomic E-state index is 13.8. The first-order valence-electron chi connectivity index (χ1n) is 19.7. The Morgan fingerprint density at radius 3 is 2.41 bits per heavy atom. The van der Waals surface area contributed by atoms with E-state index in [9.17, 15) is 42.8 Å². The van der Waals surface area contributed by atoms with Gasteiger partial charge in [-0.2, -0.15) is 5.26 Å². The van der Waals surface area contributed by atoms with Crippen LogP contribution in [0.5, 0.6) is 0 Å². The van der Waals surface area contributed by atoms with E-state index in [1.807, 2.05) is 30.3 Å². The van der Waals surface area contributed by atoms with E-state index in [0.717, 1.165) is 10.5 Å². The maximum Gasteiger partial charge on any atom is 0.268 e. The number of pyridine rings is 1. The van der Waals surface area contributed by atoms with E-state index < -0.39 is 79.0 Å². The number of anilines is 1. The molecule has 326 valence electrons. The Labute approximate surface area is 352 Å². The number of hydrogen-bond donors (Lipinski definition) is 7. The average molecular weight is 847 g/mol. The Balaban J connectivity index is 1.40. The Kier molecular flexibility index (Phi) is 17.4. The van der Waals surface area contributed by atoms with E-state index in [0.29, 0.717) is 24.9 Å². The van der Waals surface area contributed by atoms with Crippen molar-refractivity contribution in [3.05, 3.63) is 71.9 Å². The summed E-state index contributed by atoms with van der Waals surface area (Å²) >= 11 is 0. The van der Waals surface area contributed by atoms with Crippen LogP contribution in [-0.4, -0.2) is 134 Å². The van der Waals surface area contributed by atoms with Gasteiger partial charge in [-0.15, -0.1) is 0 Å². The third-order valence-corrected chi connectivity index (χ3v) is 9.63. The number of hydrogen-bond acceptors (Lipinski definition) is 10. The first-order valence-corrected chi connectivity index (χ1v) is 19.7. The second-order valence-corrected chi connectivity index (χ2v) is 14.6. The lowest BCUT2D eigenvalue weighted by atomic mass is 10.0. The molecule has 1 aliphatic heterocycles. The Morgan fingerprint density at radius 1 is 0.967 bits per heavy atom. The first-order chi connectivity index (χ1) is 29.1. The molecule has 18 nitrogen and oxygen atoms in total. The summed E-state index contributed by atoms with van der Waals surface area (Å²) in [5.74, 6) is -6.64. The number of nitrogens with zero attached hydrogens (tertiary/aromatic N) is 5. The molecule has 2 heterocycles. The summed E-state index contributed by atoms with van der Waals surface area (Å²) in [5, 5.41) is 25.9. The molecule has 0 aliphatic carbocycles. The second-order valence-electron chi connectivity index (χ2n) is 14.6. The summed E-state index contributed by atoms with van der Waals surface area (Å²) in [6.45, 7) is -0.450. The predicted molar refractivity (Wildman–Crippen MR) is 223 cm³/mol. The van der Waals surface area contributed by atoms with Gasteiger partial charge < -0.3 is 47.4 Å². The van der Waals surface area contributed by atoms with Crippen molar-refractivity contribution in [1.29, 1.82) is 5.26 Å². The molecule has 61 heavy (non-hydrogen) atoms. The van der Waals surface area contributed by atoms with Gasteiger partial charge in [-0.3, -0.25) is 38.7 Å². The molecule has 4 rings (SSSR count). The standard InChI is InChI=1S/C41H52F2N12O6/c1-46-19-20-48-38(60)32(21-26-9-5-4-6-10-26)53-39(61)31(13-8-17-49-40(45)54(2)3)52-34(57)15-14-33(56)51-30-12-7-11-28-29(16-18-47-36(28)30)37(59)50-24-35(58)55-25-41(42,43)22-27(55)23-44/h4-7,9-12,16,18,27,31-32,46H,8,13-15,17,19-22,24-25H2,1-3H3,(H2,45,49)(H,48,60)(H,50,59)(H,51,56)(H,52,57)(H,53,61)/t27-,31-,32-/m0/s1. The number of likely N-dealkylation sites (N-methyl/N-ethyl adjacent to an activating group) is 1. The van der Waals surface area contributed by atoms with Crippen LogP contribution in [0.1, 0.15) is 48.0 Å². The fourth-order valence-corrected chi connectivity index (χ4v) is 6.39. The number of guanidine groups is 1. The van der Waals surface area contributed by atoms with Gasteiger partial charge in [-0.05, 0) is 37.6 Å². The first kappa shape index (κ1) is 46.9. The lowest BCUT2D eigenvalue weighted by Gasteiger charge is -2.23. The van der Waals surface area contributed by atoms with Crippen molar-refractivity contribution in [3.8, 4) is 6.07 Å². The summed E-state index contributed by atoms with van der Waals surface area (Å²) in [6.07, 6.45) is 0.622. The van der Waals surface area contributed by atoms with E-state index in [4.69, 9.17) is 5.73 Å². The Hall–Kier alpha value is -6.75. The number of benzene rings is 2. The van der Waals surface area contributed by atoms with Gasteiger partial charge in [0.2, 0.25) is 29.5 Å². The third-order valence-electron chi connectivity index (χ3n) is 9.63. The molecule has 20 heteroatoms. The zero-order valence-electron chi connectivity index (χ0n) is 34.3. The average Bonchev–Trinajstić information content (AvgIpc) is 3.57. The highest BCUT2D eigenvalue weighted by atomic mass is 19.3. The number of fused-ring (bicyclic) bond motifs is 1. The van der Waals surface area contributed by atoms with E-state index in [-0.39, 0.29) is 55.0 Å². The lowest BCUT2D eigenvalue weighted by Crippen LogP contribution is -2.55. The lowest BCUT2D eigenvalue weighted by molar-refractivity contribution is -0.132. The van der Waals surface area contributed by atoms with Gasteiger partial charge in [0.05, 0.1) is 35.9 Å². The molecule has 3 aromatic rings. The fourth-order valence-electron chi connectivity index (χ4n) is 6.39. The summed E-state index contributed by atoms with van der Waals surface area (Å²) in [4.78, 5) is 90.1. The third kappa shape index (κ3) is 14.2. The molecule has 2 aromatic carbocycles. The number of nitrogens with one attached hydrogen (secondary N) is 6. The number of carbonyl (C=O) groups is 6. The SMILES string of the molecule is CNCCNC(=O)[C@H](Cc1ccccc1)NC(=O)[C@H](CCCN=C(N)N(C)C)NC(=O)CCC(=O)Nc1cccc2c(C(=O)NCC(=O)N3CC(F)(F)C[C@H]3C#N)ccnc12. The van der Waals surface area contributed by atoms with E-state index in [1.165, 1.54) is 12.3 Å². The molecular formula is C41H52F2N12O6. The molecule has 0 spiro atoms. The monoisotopic (exact) mass is 846 g/mol. The minimum atomic E-state index is -3.21. The normalized spacial score (nSPS) is 15.5. The van der Waals surface area contributed by atoms with Crippen molar-refractivity contribution >= 4 is 58.0 Å². The molecule has 0 saturated carbocycles. The van der Waals surface area contributed by atoms with Crippen LogP contribution in [0.3, 0.4) is 0 Å². The van der Waals surface area contributed by atoms with Crippen molar-refractivity contribution in [2.45, 2.75) is 62.6 Å². The van der Waals surface area contributed by atoms with Crippen molar-refractivity contribution in [1.82, 2.24) is 41.4 Å². The number of rotatable bonds is 20. The topological polar surface area (TPSA) is 256 Å². The number of nitrogens with two attached hydrogens (primary N) is 1. The summed E-state index contributed by atoms with van der Waals surface area (Å²) in [7, 11) is 5.22. The minimum absolute atomic E-state index is 0.0812. The van der Waals surface area contributed by atoms with E-state index in [1.54, 1.807) is 50.3 Å². The van der Waals surface area contributed by atoms with Crippen LogP contribution in [0.4, 0.5) is 14.5 Å². The van der Waals surface area contributed by atoms with E-state index >= 15 is 0 Å². The van der Waals surface area contributed by atoms with Crippen LogP contribution in [0.2, 0.25) is 0 Å². The van der Waals surface area contributed by atoms with Crippen LogP contribution in [0.15, 0.2) is 65.8 Å². The molecular weight excluding hydrogens is 795 g/mol. The summed E-state index contributed by atoms with van der Waals surface area (Å²) in [5.41, 5.74) is 7.24. The highest BCUT2D eigenvalue weighted by molar-refractivity contribution is 6.11. The molecule has 0 bridgehead atoms. The number of halogens is 2. The number of carbonyl (C=O) groups excluding carboxylic acids is 6. The molecule has 0 unspecified atom stereocenters. The molecule has 1 saturated heterocycles. The van der Waals surface area contributed by atoms with Crippen molar-refractivity contribution in [2.75, 3.05) is 59.2 Å². The number of aromatic nitrogens is 1. The number of alkyl halides is 2. The van der Waals surface area contributed by atoms with Gasteiger partial charge in [0, 0.05) is 71.0 Å². The zero-order chi connectivity index (χ0) is 44.5. The van der Waals surface area contributed by atoms with Crippen molar-refractivity contribution in [3.63, 3.8) is 0 Å². The second kappa shape index (κ2) is 22.6. The number of para-hydroxylation sites is 1. The van der Waals surface area contributed by atoms with Gasteiger partial charge >= 0.3 is 0 Å². The number of amides is 6.